The molecular weight excluding hydrogens is 344 g/mol. The van der Waals surface area contributed by atoms with Crippen LogP contribution in [0.1, 0.15) is 0 Å². The number of nitro groups is 4. The second-order valence-corrected chi connectivity index (χ2v) is 4.51. The Balaban J connectivity index is 3.21. The molecule has 2 aromatic carbocycles. The van der Waals surface area contributed by atoms with E-state index in [1.807, 2.05) is 0 Å². The van der Waals surface area contributed by atoms with Crippen molar-refractivity contribution < 1.29 is 24.8 Å². The van der Waals surface area contributed by atoms with E-state index in [1.165, 1.54) is 18.2 Å². The minimum atomic E-state index is -1.76. The standard InChI is InChI=1S/C12H6N4O9/c17-12-10(15(22)23)8(13(18)19)7(6-4-2-1-3-5-6)9(14(20)21)11(12)16(24)25/h1-5,17H. The largest absolute Gasteiger partial charge is 0.497 e. The summed E-state index contributed by atoms with van der Waals surface area (Å²) in [5.74, 6) is -1.76. The first-order valence-corrected chi connectivity index (χ1v) is 6.24. The van der Waals surface area contributed by atoms with Crippen LogP contribution < -0.4 is 0 Å². The molecule has 0 aromatic heterocycles. The van der Waals surface area contributed by atoms with Gasteiger partial charge in [0.1, 0.15) is 0 Å². The summed E-state index contributed by atoms with van der Waals surface area (Å²) in [6.07, 6.45) is 0. The van der Waals surface area contributed by atoms with Crippen molar-refractivity contribution >= 4 is 22.7 Å². The Labute approximate surface area is 136 Å². The second kappa shape index (κ2) is 6.15. The highest BCUT2D eigenvalue weighted by Gasteiger charge is 2.48. The zero-order chi connectivity index (χ0) is 18.9. The first-order valence-electron chi connectivity index (χ1n) is 6.24. The molecule has 0 aliphatic heterocycles. The van der Waals surface area contributed by atoms with E-state index in [2.05, 4.69) is 0 Å². The molecule has 2 rings (SSSR count). The summed E-state index contributed by atoms with van der Waals surface area (Å²) in [5.41, 5.74) is -7.18. The third-order valence-electron chi connectivity index (χ3n) is 3.16. The Bertz CT molecular complexity index is 873. The van der Waals surface area contributed by atoms with Crippen LogP contribution in [-0.4, -0.2) is 24.8 Å². The van der Waals surface area contributed by atoms with Crippen molar-refractivity contribution in [2.75, 3.05) is 0 Å². The third kappa shape index (κ3) is 2.76. The lowest BCUT2D eigenvalue weighted by Gasteiger charge is -2.07. The van der Waals surface area contributed by atoms with Crippen LogP contribution in [-0.2, 0) is 0 Å². The van der Waals surface area contributed by atoms with Crippen molar-refractivity contribution in [3.63, 3.8) is 0 Å². The molecule has 0 spiro atoms. The number of rotatable bonds is 5. The van der Waals surface area contributed by atoms with Crippen molar-refractivity contribution in [1.29, 1.82) is 0 Å². The molecule has 0 bridgehead atoms. The Hall–Kier alpha value is -4.16. The van der Waals surface area contributed by atoms with Gasteiger partial charge >= 0.3 is 22.7 Å². The molecule has 0 fully saturated rings. The summed E-state index contributed by atoms with van der Waals surface area (Å²) in [5, 5.41) is 54.7. The first kappa shape index (κ1) is 17.2. The highest BCUT2D eigenvalue weighted by Crippen LogP contribution is 2.55. The highest BCUT2D eigenvalue weighted by molar-refractivity contribution is 5.95. The average molecular weight is 350 g/mol. The second-order valence-electron chi connectivity index (χ2n) is 4.51. The van der Waals surface area contributed by atoms with E-state index in [0.29, 0.717) is 0 Å². The fourth-order valence-corrected chi connectivity index (χ4v) is 2.27. The van der Waals surface area contributed by atoms with Crippen LogP contribution in [0.3, 0.4) is 0 Å². The van der Waals surface area contributed by atoms with E-state index < -0.39 is 53.8 Å². The molecule has 0 amide bonds. The van der Waals surface area contributed by atoms with Gasteiger partial charge in [0.25, 0.3) is 5.75 Å². The van der Waals surface area contributed by atoms with Gasteiger partial charge in [0.05, 0.1) is 19.7 Å². The molecule has 0 unspecified atom stereocenters. The summed E-state index contributed by atoms with van der Waals surface area (Å²) < 4.78 is 0. The van der Waals surface area contributed by atoms with Gasteiger partial charge in [-0.15, -0.1) is 0 Å². The number of nitrogens with zero attached hydrogens (tertiary/aromatic N) is 4. The van der Waals surface area contributed by atoms with Crippen molar-refractivity contribution in [2.24, 2.45) is 0 Å². The predicted molar refractivity (Wildman–Crippen MR) is 80.2 cm³/mol. The molecule has 0 saturated heterocycles. The van der Waals surface area contributed by atoms with Gasteiger partial charge in [-0.2, -0.15) is 0 Å². The minimum absolute atomic E-state index is 0.230. The van der Waals surface area contributed by atoms with Crippen LogP contribution in [0.4, 0.5) is 22.7 Å². The maximum atomic E-state index is 11.3. The zero-order valence-corrected chi connectivity index (χ0v) is 11.9. The lowest BCUT2D eigenvalue weighted by molar-refractivity contribution is -0.434. The van der Waals surface area contributed by atoms with Gasteiger partial charge < -0.3 is 5.11 Å². The van der Waals surface area contributed by atoms with Gasteiger partial charge in [-0.25, -0.2) is 0 Å². The van der Waals surface area contributed by atoms with Gasteiger partial charge in [-0.1, -0.05) is 30.3 Å². The lowest BCUT2D eigenvalue weighted by atomic mass is 9.98. The van der Waals surface area contributed by atoms with Crippen LogP contribution in [0.15, 0.2) is 30.3 Å². The van der Waals surface area contributed by atoms with Crippen LogP contribution in [0.2, 0.25) is 0 Å². The van der Waals surface area contributed by atoms with E-state index in [9.17, 15) is 45.6 Å². The van der Waals surface area contributed by atoms with E-state index in [0.717, 1.165) is 12.1 Å². The topological polar surface area (TPSA) is 193 Å². The number of benzene rings is 2. The van der Waals surface area contributed by atoms with Crippen molar-refractivity contribution in [3.8, 4) is 16.9 Å². The van der Waals surface area contributed by atoms with Gasteiger partial charge in [-0.3, -0.25) is 40.5 Å². The summed E-state index contributed by atoms with van der Waals surface area (Å²) in [6.45, 7) is 0. The van der Waals surface area contributed by atoms with Crippen LogP contribution >= 0.6 is 0 Å². The maximum absolute atomic E-state index is 11.3. The quantitative estimate of drug-likeness (QED) is 0.623. The van der Waals surface area contributed by atoms with Gasteiger partial charge in [0, 0.05) is 0 Å². The van der Waals surface area contributed by atoms with Crippen LogP contribution in [0.5, 0.6) is 5.75 Å². The number of phenols is 1. The number of hydrogen-bond donors (Lipinski definition) is 1. The summed E-state index contributed by atoms with van der Waals surface area (Å²) in [4.78, 5) is 39.5. The predicted octanol–water partition coefficient (Wildman–Crippen LogP) is 2.69. The van der Waals surface area contributed by atoms with Gasteiger partial charge in [-0.05, 0) is 5.56 Å². The SMILES string of the molecule is O=[N+]([O-])c1c(O)c([N+](=O)[O-])c([N+](=O)[O-])c(-c2ccccc2)c1[N+](=O)[O-]. The van der Waals surface area contributed by atoms with E-state index >= 15 is 0 Å². The van der Waals surface area contributed by atoms with E-state index in [-0.39, 0.29) is 5.56 Å². The van der Waals surface area contributed by atoms with Crippen molar-refractivity contribution in [1.82, 2.24) is 0 Å². The Morgan fingerprint density at radius 1 is 0.640 bits per heavy atom. The molecule has 0 radical (unpaired) electrons. The minimum Gasteiger partial charge on any atom is -0.497 e. The third-order valence-corrected chi connectivity index (χ3v) is 3.16. The molecule has 0 aliphatic carbocycles. The van der Waals surface area contributed by atoms with E-state index in [1.54, 1.807) is 0 Å². The molecule has 0 aliphatic rings. The number of hydrogen-bond acceptors (Lipinski definition) is 9. The van der Waals surface area contributed by atoms with Crippen molar-refractivity contribution in [3.05, 3.63) is 70.8 Å². The number of aromatic hydroxyl groups is 1. The Morgan fingerprint density at radius 2 is 1.00 bits per heavy atom. The Kier molecular flexibility index (Phi) is 4.23. The smallest absolute Gasteiger partial charge is 0.395 e. The molecule has 13 nitrogen and oxygen atoms in total. The van der Waals surface area contributed by atoms with E-state index in [4.69, 9.17) is 0 Å². The molecule has 13 heteroatoms. The summed E-state index contributed by atoms with van der Waals surface area (Å²) in [7, 11) is 0. The van der Waals surface area contributed by atoms with Crippen molar-refractivity contribution in [2.45, 2.75) is 0 Å². The highest BCUT2D eigenvalue weighted by atomic mass is 16.7. The molecule has 128 valence electrons. The fraction of sp³-hybridized carbons (Fsp3) is 0. The molecule has 2 aromatic rings. The van der Waals surface area contributed by atoms with Gasteiger partial charge in [0.2, 0.25) is 0 Å². The first-order chi connectivity index (χ1) is 11.7. The van der Waals surface area contributed by atoms with Crippen LogP contribution in [0, 0.1) is 40.5 Å². The number of nitro benzene ring substituents is 4. The molecular formula is C12H6N4O9. The molecule has 0 atom stereocenters. The summed E-state index contributed by atoms with van der Waals surface area (Å²) in [6, 6.07) is 6.42. The average Bonchev–Trinajstić information content (AvgIpc) is 2.53. The normalized spacial score (nSPS) is 10.2. The molecule has 0 saturated carbocycles. The monoisotopic (exact) mass is 350 g/mol. The fourth-order valence-electron chi connectivity index (χ4n) is 2.27. The lowest BCUT2D eigenvalue weighted by Crippen LogP contribution is -2.06. The maximum Gasteiger partial charge on any atom is 0.395 e. The summed E-state index contributed by atoms with van der Waals surface area (Å²) >= 11 is 0. The zero-order valence-electron chi connectivity index (χ0n) is 11.9. The molecule has 0 heterocycles. The Morgan fingerprint density at radius 3 is 1.32 bits per heavy atom. The van der Waals surface area contributed by atoms with Crippen LogP contribution in [0.25, 0.3) is 11.1 Å². The number of phenolic OH excluding ortho intramolecular Hbond substituents is 1. The molecule has 25 heavy (non-hydrogen) atoms. The molecule has 1 N–H and O–H groups in total. The van der Waals surface area contributed by atoms with Gasteiger partial charge in [0.15, 0.2) is 5.56 Å².